The molecule has 0 radical (unpaired) electrons. The lowest BCUT2D eigenvalue weighted by Gasteiger charge is -2.16. The van der Waals surface area contributed by atoms with Crippen LogP contribution < -0.4 is 10.9 Å². The molecule has 2 N–H and O–H groups in total. The van der Waals surface area contributed by atoms with Crippen LogP contribution in [0.15, 0.2) is 65.6 Å². The van der Waals surface area contributed by atoms with Gasteiger partial charge in [-0.3, -0.25) is 19.1 Å². The van der Waals surface area contributed by atoms with E-state index in [1.807, 2.05) is 54.6 Å². The molecule has 4 aromatic rings. The van der Waals surface area contributed by atoms with E-state index < -0.39 is 5.91 Å². The van der Waals surface area contributed by atoms with Gasteiger partial charge in [0, 0.05) is 31.2 Å². The fraction of sp³-hybridized carbons (Fsp3) is 0.174. The van der Waals surface area contributed by atoms with Crippen LogP contribution in [0.5, 0.6) is 0 Å². The maximum atomic E-state index is 12.9. The summed E-state index contributed by atoms with van der Waals surface area (Å²) in [4.78, 5) is 42.8. The van der Waals surface area contributed by atoms with Crippen LogP contribution in [0.4, 0.5) is 5.69 Å². The Labute approximate surface area is 178 Å². The Morgan fingerprint density at radius 1 is 1.06 bits per heavy atom. The lowest BCUT2D eigenvalue weighted by molar-refractivity contribution is -0.116. The largest absolute Gasteiger partial charge is 0.360 e. The van der Waals surface area contributed by atoms with Crippen molar-refractivity contribution in [1.82, 2.24) is 19.2 Å². The van der Waals surface area contributed by atoms with Crippen LogP contribution in [0.25, 0.3) is 16.6 Å². The highest BCUT2D eigenvalue weighted by Crippen LogP contribution is 2.19. The minimum Gasteiger partial charge on any atom is -0.360 e. The number of fused-ring (bicyclic) bond motifs is 1. The fourth-order valence-corrected chi connectivity index (χ4v) is 3.63. The van der Waals surface area contributed by atoms with E-state index in [0.717, 1.165) is 10.9 Å². The molecule has 2 aromatic heterocycles. The minimum atomic E-state index is -0.443. The molecule has 0 atom stereocenters. The number of aromatic nitrogens is 3. The predicted octanol–water partition coefficient (Wildman–Crippen LogP) is 2.68. The number of hydrogen-bond donors (Lipinski definition) is 2. The van der Waals surface area contributed by atoms with Gasteiger partial charge in [0.25, 0.3) is 11.5 Å². The van der Waals surface area contributed by atoms with Gasteiger partial charge in [-0.15, -0.1) is 0 Å². The van der Waals surface area contributed by atoms with Crippen molar-refractivity contribution in [2.24, 2.45) is 7.05 Å². The van der Waals surface area contributed by atoms with E-state index in [2.05, 4.69) is 10.3 Å². The molecule has 158 valence electrons. The van der Waals surface area contributed by atoms with E-state index >= 15 is 0 Å². The fourth-order valence-electron chi connectivity index (χ4n) is 3.63. The topological polar surface area (TPSA) is 92.1 Å². The van der Waals surface area contributed by atoms with Crippen LogP contribution in [-0.4, -0.2) is 44.7 Å². The predicted molar refractivity (Wildman–Crippen MR) is 120 cm³/mol. The summed E-state index contributed by atoms with van der Waals surface area (Å²) in [6.07, 6.45) is 1.64. The molecule has 0 unspecified atom stereocenters. The van der Waals surface area contributed by atoms with Crippen LogP contribution in [0.2, 0.25) is 0 Å². The van der Waals surface area contributed by atoms with Gasteiger partial charge >= 0.3 is 0 Å². The molecule has 0 aliphatic heterocycles. The molecule has 0 spiro atoms. The summed E-state index contributed by atoms with van der Waals surface area (Å²) in [6, 6.07) is 16.7. The number of hydrogen-bond acceptors (Lipinski definition) is 3. The lowest BCUT2D eigenvalue weighted by atomic mass is 10.1. The van der Waals surface area contributed by atoms with Crippen molar-refractivity contribution < 1.29 is 9.59 Å². The van der Waals surface area contributed by atoms with Crippen molar-refractivity contribution in [3.63, 3.8) is 0 Å². The second-order valence-corrected chi connectivity index (χ2v) is 7.39. The second kappa shape index (κ2) is 7.98. The standard InChI is InChI=1S/C23H23N5O3/c1-15-21(23(31)28(27(15)3)16-9-5-4-6-10-16)25-20(29)14-26(2)22(30)18-13-24-19-12-8-7-11-17(18)19/h4-13,24H,14H2,1-3H3,(H,25,29). The SMILES string of the molecule is Cc1c(NC(=O)CN(C)C(=O)c2c[nH]c3ccccc23)c(=O)n(-c2ccccc2)n1C. The molecule has 0 aliphatic rings. The van der Waals surface area contributed by atoms with Gasteiger partial charge in [0.15, 0.2) is 0 Å². The van der Waals surface area contributed by atoms with Crippen molar-refractivity contribution in [1.29, 1.82) is 0 Å². The lowest BCUT2D eigenvalue weighted by Crippen LogP contribution is -2.35. The first-order valence-electron chi connectivity index (χ1n) is 9.84. The Bertz CT molecular complexity index is 1330. The number of amides is 2. The third kappa shape index (κ3) is 3.63. The van der Waals surface area contributed by atoms with E-state index in [1.165, 1.54) is 9.58 Å². The first-order chi connectivity index (χ1) is 14.9. The second-order valence-electron chi connectivity index (χ2n) is 7.39. The van der Waals surface area contributed by atoms with Gasteiger partial charge in [0.2, 0.25) is 5.91 Å². The average molecular weight is 417 g/mol. The zero-order valence-corrected chi connectivity index (χ0v) is 17.5. The molecule has 4 rings (SSSR count). The number of likely N-dealkylation sites (N-methyl/N-ethyl adjacent to an activating group) is 1. The Hall–Kier alpha value is -4.07. The first-order valence-corrected chi connectivity index (χ1v) is 9.84. The third-order valence-corrected chi connectivity index (χ3v) is 5.37. The summed E-state index contributed by atoms with van der Waals surface area (Å²) in [5, 5.41) is 3.48. The number of nitrogens with zero attached hydrogens (tertiary/aromatic N) is 3. The smallest absolute Gasteiger partial charge is 0.295 e. The molecule has 2 heterocycles. The van der Waals surface area contributed by atoms with Crippen LogP contribution in [0.3, 0.4) is 0 Å². The maximum Gasteiger partial charge on any atom is 0.295 e. The van der Waals surface area contributed by atoms with E-state index in [-0.39, 0.29) is 23.7 Å². The molecule has 8 heteroatoms. The summed E-state index contributed by atoms with van der Waals surface area (Å²) < 4.78 is 3.18. The quantitative estimate of drug-likeness (QED) is 0.523. The Balaban J connectivity index is 1.53. The van der Waals surface area contributed by atoms with E-state index in [0.29, 0.717) is 16.9 Å². The van der Waals surface area contributed by atoms with Crippen molar-refractivity contribution >= 4 is 28.4 Å². The first kappa shape index (κ1) is 20.2. The molecule has 2 aromatic carbocycles. The molecule has 31 heavy (non-hydrogen) atoms. The Kier molecular flexibility index (Phi) is 5.21. The van der Waals surface area contributed by atoms with Crippen molar-refractivity contribution in [2.75, 3.05) is 18.9 Å². The highest BCUT2D eigenvalue weighted by molar-refractivity contribution is 6.08. The number of carbonyl (C=O) groups excluding carboxylic acids is 2. The van der Waals surface area contributed by atoms with Crippen molar-refractivity contribution in [2.45, 2.75) is 6.92 Å². The number of aromatic amines is 1. The molecule has 0 bridgehead atoms. The number of para-hydroxylation sites is 2. The van der Waals surface area contributed by atoms with E-state index in [1.54, 1.807) is 31.9 Å². The molecule has 2 amide bonds. The third-order valence-electron chi connectivity index (χ3n) is 5.37. The van der Waals surface area contributed by atoms with E-state index in [9.17, 15) is 14.4 Å². The Morgan fingerprint density at radius 3 is 2.48 bits per heavy atom. The summed E-state index contributed by atoms with van der Waals surface area (Å²) in [5.74, 6) is -0.721. The summed E-state index contributed by atoms with van der Waals surface area (Å²) >= 11 is 0. The number of carbonyl (C=O) groups is 2. The monoisotopic (exact) mass is 417 g/mol. The number of anilines is 1. The minimum absolute atomic E-state index is 0.183. The number of rotatable bonds is 5. The van der Waals surface area contributed by atoms with Crippen LogP contribution in [0, 0.1) is 6.92 Å². The van der Waals surface area contributed by atoms with Gasteiger partial charge in [-0.1, -0.05) is 36.4 Å². The van der Waals surface area contributed by atoms with Crippen LogP contribution >= 0.6 is 0 Å². The average Bonchev–Trinajstić information content (AvgIpc) is 3.29. The van der Waals surface area contributed by atoms with Crippen LogP contribution in [-0.2, 0) is 11.8 Å². The molecule has 0 fully saturated rings. The van der Waals surface area contributed by atoms with Crippen molar-refractivity contribution in [3.8, 4) is 5.69 Å². The van der Waals surface area contributed by atoms with Crippen LogP contribution in [0.1, 0.15) is 16.1 Å². The number of benzene rings is 2. The highest BCUT2D eigenvalue weighted by Gasteiger charge is 2.21. The molecule has 0 saturated heterocycles. The highest BCUT2D eigenvalue weighted by atomic mass is 16.2. The molecule has 0 aliphatic carbocycles. The summed E-state index contributed by atoms with van der Waals surface area (Å²) in [5.41, 5.74) is 2.53. The number of nitrogens with one attached hydrogen (secondary N) is 2. The molecule has 0 saturated carbocycles. The van der Waals surface area contributed by atoms with Crippen molar-refractivity contribution in [3.05, 3.63) is 82.4 Å². The van der Waals surface area contributed by atoms with Gasteiger partial charge < -0.3 is 15.2 Å². The summed E-state index contributed by atoms with van der Waals surface area (Å²) in [7, 11) is 3.32. The van der Waals surface area contributed by atoms with Gasteiger partial charge in [-0.2, -0.15) is 0 Å². The van der Waals surface area contributed by atoms with E-state index in [4.69, 9.17) is 0 Å². The zero-order chi connectivity index (χ0) is 22.1. The Morgan fingerprint density at radius 2 is 1.74 bits per heavy atom. The summed E-state index contributed by atoms with van der Waals surface area (Å²) in [6.45, 7) is 1.58. The van der Waals surface area contributed by atoms with Gasteiger partial charge in [-0.05, 0) is 25.1 Å². The number of H-pyrrole nitrogens is 1. The normalized spacial score (nSPS) is 10.9. The van der Waals surface area contributed by atoms with Gasteiger partial charge in [0.1, 0.15) is 5.69 Å². The van der Waals surface area contributed by atoms with Gasteiger partial charge in [0.05, 0.1) is 23.5 Å². The maximum absolute atomic E-state index is 12.9. The zero-order valence-electron chi connectivity index (χ0n) is 17.5. The molecule has 8 nitrogen and oxygen atoms in total. The molecular formula is C23H23N5O3. The van der Waals surface area contributed by atoms with Gasteiger partial charge in [-0.25, -0.2) is 4.68 Å². The molecular weight excluding hydrogens is 394 g/mol.